The molecule has 2 aromatic carbocycles. The van der Waals surface area contributed by atoms with Gasteiger partial charge in [-0.1, -0.05) is 25.0 Å². The first-order valence-electron chi connectivity index (χ1n) is 10.4. The molecule has 0 radical (unpaired) electrons. The van der Waals surface area contributed by atoms with Crippen LogP contribution >= 0.6 is 0 Å². The van der Waals surface area contributed by atoms with Crippen LogP contribution in [0.2, 0.25) is 0 Å². The Labute approximate surface area is 169 Å². The topological polar surface area (TPSA) is 52.7 Å². The van der Waals surface area contributed by atoms with Crippen LogP contribution in [0.15, 0.2) is 42.5 Å². The molecule has 1 N–H and O–H groups in total. The van der Waals surface area contributed by atoms with Crippen LogP contribution < -0.4 is 15.1 Å². The van der Waals surface area contributed by atoms with Crippen LogP contribution in [0, 0.1) is 5.82 Å². The molecule has 2 aromatic rings. The van der Waals surface area contributed by atoms with Gasteiger partial charge in [0.25, 0.3) is 5.91 Å². The number of anilines is 2. The van der Waals surface area contributed by atoms with Crippen LogP contribution in [0.5, 0.6) is 0 Å². The molecule has 6 heteroatoms. The van der Waals surface area contributed by atoms with Crippen LogP contribution in [0.25, 0.3) is 0 Å². The number of amides is 3. The fraction of sp³-hybridized carbons (Fsp3) is 0.391. The van der Waals surface area contributed by atoms with Crippen LogP contribution in [0.1, 0.15) is 48.0 Å². The molecule has 2 aliphatic heterocycles. The first kappa shape index (κ1) is 18.2. The van der Waals surface area contributed by atoms with Gasteiger partial charge in [0.15, 0.2) is 0 Å². The van der Waals surface area contributed by atoms with Crippen molar-refractivity contribution in [3.63, 3.8) is 0 Å². The monoisotopic (exact) mass is 393 g/mol. The van der Waals surface area contributed by atoms with Crippen molar-refractivity contribution >= 4 is 23.3 Å². The van der Waals surface area contributed by atoms with Crippen LogP contribution in [0.4, 0.5) is 20.6 Å². The SMILES string of the molecule is O=C1NCCCN1c1cccc(C(=O)N2CC3(CCCC3)c3c(F)cccc32)c1. The van der Waals surface area contributed by atoms with E-state index in [1.54, 1.807) is 34.1 Å². The molecule has 1 spiro atoms. The Kier molecular flexibility index (Phi) is 4.30. The molecule has 150 valence electrons. The first-order valence-corrected chi connectivity index (χ1v) is 10.4. The second-order valence-corrected chi connectivity index (χ2v) is 8.30. The number of hydrogen-bond donors (Lipinski definition) is 1. The zero-order chi connectivity index (χ0) is 20.0. The zero-order valence-electron chi connectivity index (χ0n) is 16.3. The molecule has 1 saturated carbocycles. The van der Waals surface area contributed by atoms with Gasteiger partial charge in [-0.15, -0.1) is 0 Å². The molecule has 0 atom stereocenters. The Bertz CT molecular complexity index is 984. The van der Waals surface area contributed by atoms with Crippen molar-refractivity contribution in [1.82, 2.24) is 5.32 Å². The molecule has 5 nitrogen and oxygen atoms in total. The summed E-state index contributed by atoms with van der Waals surface area (Å²) in [6, 6.07) is 12.1. The van der Waals surface area contributed by atoms with Crippen LogP contribution in [-0.2, 0) is 5.41 Å². The van der Waals surface area contributed by atoms with Crippen molar-refractivity contribution < 1.29 is 14.0 Å². The van der Waals surface area contributed by atoms with E-state index >= 15 is 0 Å². The molecule has 0 bridgehead atoms. The third-order valence-corrected chi connectivity index (χ3v) is 6.56. The van der Waals surface area contributed by atoms with Crippen LogP contribution in [0.3, 0.4) is 0 Å². The molecule has 5 rings (SSSR count). The number of rotatable bonds is 2. The van der Waals surface area contributed by atoms with E-state index in [4.69, 9.17) is 0 Å². The van der Waals surface area contributed by atoms with E-state index in [0.717, 1.165) is 32.1 Å². The average Bonchev–Trinajstić information content (AvgIpc) is 3.34. The van der Waals surface area contributed by atoms with Gasteiger partial charge in [-0.05, 0) is 49.6 Å². The van der Waals surface area contributed by atoms with E-state index in [-0.39, 0.29) is 23.2 Å². The summed E-state index contributed by atoms with van der Waals surface area (Å²) in [6.45, 7) is 1.83. The van der Waals surface area contributed by atoms with Crippen molar-refractivity contribution in [3.05, 3.63) is 59.4 Å². The minimum absolute atomic E-state index is 0.139. The highest BCUT2D eigenvalue weighted by Crippen LogP contribution is 2.51. The highest BCUT2D eigenvalue weighted by Gasteiger charge is 2.48. The lowest BCUT2D eigenvalue weighted by Crippen LogP contribution is -2.46. The van der Waals surface area contributed by atoms with Gasteiger partial charge >= 0.3 is 6.03 Å². The molecule has 3 amide bonds. The Morgan fingerprint density at radius 3 is 2.66 bits per heavy atom. The van der Waals surface area contributed by atoms with Crippen molar-refractivity contribution in [3.8, 4) is 0 Å². The molecular weight excluding hydrogens is 369 g/mol. The summed E-state index contributed by atoms with van der Waals surface area (Å²) in [5.41, 5.74) is 2.37. The number of nitrogens with zero attached hydrogens (tertiary/aromatic N) is 2. The molecule has 29 heavy (non-hydrogen) atoms. The van der Waals surface area contributed by atoms with Crippen molar-refractivity contribution in [1.29, 1.82) is 0 Å². The normalized spacial score (nSPS) is 20.1. The quantitative estimate of drug-likeness (QED) is 0.831. The summed E-state index contributed by atoms with van der Waals surface area (Å²) in [5.74, 6) is -0.349. The summed E-state index contributed by atoms with van der Waals surface area (Å²) in [5, 5.41) is 2.84. The summed E-state index contributed by atoms with van der Waals surface area (Å²) < 4.78 is 14.8. The number of urea groups is 1. The second-order valence-electron chi connectivity index (χ2n) is 8.30. The third-order valence-electron chi connectivity index (χ3n) is 6.56. The third kappa shape index (κ3) is 2.89. The van der Waals surface area contributed by atoms with Gasteiger partial charge in [-0.2, -0.15) is 0 Å². The molecule has 1 aliphatic carbocycles. The van der Waals surface area contributed by atoms with Gasteiger partial charge < -0.3 is 10.2 Å². The van der Waals surface area contributed by atoms with E-state index in [9.17, 15) is 14.0 Å². The zero-order valence-corrected chi connectivity index (χ0v) is 16.3. The number of carbonyl (C=O) groups is 2. The predicted molar refractivity (Wildman–Crippen MR) is 110 cm³/mol. The number of hydrogen-bond acceptors (Lipinski definition) is 2. The maximum atomic E-state index is 14.8. The molecule has 0 aromatic heterocycles. The molecular formula is C23H24FN3O2. The standard InChI is InChI=1S/C23H24FN3O2/c24-18-8-4-9-19-20(18)23(10-1-2-11-23)15-27(19)21(28)16-6-3-7-17(14-16)26-13-5-12-25-22(26)29/h3-4,6-9,14H,1-2,5,10-13,15H2,(H,25,29). The largest absolute Gasteiger partial charge is 0.338 e. The minimum Gasteiger partial charge on any atom is -0.338 e. The van der Waals surface area contributed by atoms with E-state index in [1.165, 1.54) is 6.07 Å². The first-order chi connectivity index (χ1) is 14.1. The average molecular weight is 393 g/mol. The number of carbonyl (C=O) groups excluding carboxylic acids is 2. The van der Waals surface area contributed by atoms with Gasteiger partial charge in [0.1, 0.15) is 5.82 Å². The molecule has 3 aliphatic rings. The van der Waals surface area contributed by atoms with Gasteiger partial charge in [0.2, 0.25) is 0 Å². The van der Waals surface area contributed by atoms with E-state index in [2.05, 4.69) is 5.32 Å². The second kappa shape index (κ2) is 6.87. The molecule has 2 fully saturated rings. The van der Waals surface area contributed by atoms with Gasteiger partial charge in [-0.25, -0.2) is 9.18 Å². The summed E-state index contributed by atoms with van der Waals surface area (Å²) >= 11 is 0. The Morgan fingerprint density at radius 1 is 1.07 bits per heavy atom. The van der Waals surface area contributed by atoms with Gasteiger partial charge in [-0.3, -0.25) is 9.69 Å². The van der Waals surface area contributed by atoms with Crippen molar-refractivity contribution in [2.24, 2.45) is 0 Å². The highest BCUT2D eigenvalue weighted by atomic mass is 19.1. The Hall–Kier alpha value is -2.89. The predicted octanol–water partition coefficient (Wildman–Crippen LogP) is 4.22. The molecule has 0 unspecified atom stereocenters. The fourth-order valence-electron chi connectivity index (χ4n) is 5.21. The summed E-state index contributed by atoms with van der Waals surface area (Å²) in [4.78, 5) is 29.0. The van der Waals surface area contributed by atoms with Crippen LogP contribution in [-0.4, -0.2) is 31.6 Å². The Balaban J connectivity index is 1.50. The van der Waals surface area contributed by atoms with E-state index < -0.39 is 0 Å². The lowest BCUT2D eigenvalue weighted by molar-refractivity contribution is 0.0985. The number of benzene rings is 2. The lowest BCUT2D eigenvalue weighted by Gasteiger charge is -2.28. The highest BCUT2D eigenvalue weighted by molar-refractivity contribution is 6.08. The fourth-order valence-corrected chi connectivity index (χ4v) is 5.21. The van der Waals surface area contributed by atoms with Crippen molar-refractivity contribution in [2.45, 2.75) is 37.5 Å². The van der Waals surface area contributed by atoms with Crippen molar-refractivity contribution in [2.75, 3.05) is 29.4 Å². The number of fused-ring (bicyclic) bond motifs is 2. The summed E-state index contributed by atoms with van der Waals surface area (Å²) in [7, 11) is 0. The smallest absolute Gasteiger partial charge is 0.321 e. The maximum Gasteiger partial charge on any atom is 0.321 e. The van der Waals surface area contributed by atoms with E-state index in [1.807, 2.05) is 12.1 Å². The lowest BCUT2D eigenvalue weighted by atomic mass is 9.80. The number of nitrogens with one attached hydrogen (secondary N) is 1. The molecule has 1 saturated heterocycles. The summed E-state index contributed by atoms with van der Waals surface area (Å²) in [6.07, 6.45) is 4.83. The van der Waals surface area contributed by atoms with Gasteiger partial charge in [0.05, 0.1) is 5.69 Å². The maximum absolute atomic E-state index is 14.8. The van der Waals surface area contributed by atoms with Gasteiger partial charge in [0, 0.05) is 41.9 Å². The molecule has 2 heterocycles. The Morgan fingerprint density at radius 2 is 1.86 bits per heavy atom. The van der Waals surface area contributed by atoms with E-state index in [0.29, 0.717) is 42.1 Å². The number of halogens is 1. The minimum atomic E-state index is -0.263.